The van der Waals surface area contributed by atoms with Crippen molar-refractivity contribution in [1.29, 1.82) is 0 Å². The van der Waals surface area contributed by atoms with Gasteiger partial charge in [-0.05, 0) is 43.4 Å². The van der Waals surface area contributed by atoms with E-state index in [9.17, 15) is 4.39 Å². The number of fused-ring (bicyclic) bond motifs is 1. The van der Waals surface area contributed by atoms with Crippen LogP contribution in [0.1, 0.15) is 37.7 Å². The summed E-state index contributed by atoms with van der Waals surface area (Å²) in [6.07, 6.45) is 6.90. The summed E-state index contributed by atoms with van der Waals surface area (Å²) in [7, 11) is 0. The Morgan fingerprint density at radius 1 is 1.33 bits per heavy atom. The average Bonchev–Trinajstić information content (AvgIpc) is 2.70. The maximum Gasteiger partial charge on any atom is 0.123 e. The quantitative estimate of drug-likeness (QED) is 0.874. The van der Waals surface area contributed by atoms with Crippen LogP contribution in [0.2, 0.25) is 0 Å². The molecule has 1 heterocycles. The highest BCUT2D eigenvalue weighted by Gasteiger charge is 2.28. The van der Waals surface area contributed by atoms with Crippen LogP contribution in [0.4, 0.5) is 4.39 Å². The Morgan fingerprint density at radius 2 is 2.22 bits per heavy atom. The number of benzene rings is 1. The van der Waals surface area contributed by atoms with E-state index >= 15 is 0 Å². The number of rotatable bonds is 2. The van der Waals surface area contributed by atoms with Crippen LogP contribution in [-0.2, 0) is 6.42 Å². The fourth-order valence-corrected chi connectivity index (χ4v) is 3.34. The lowest BCUT2D eigenvalue weighted by Crippen LogP contribution is -2.30. The molecule has 1 aliphatic carbocycles. The molecule has 0 saturated heterocycles. The molecule has 0 spiro atoms. The van der Waals surface area contributed by atoms with Crippen molar-refractivity contribution in [3.05, 3.63) is 29.6 Å². The normalized spacial score (nSPS) is 30.9. The molecular formula is C15H20FNO. The third-order valence-corrected chi connectivity index (χ3v) is 4.18. The fourth-order valence-electron chi connectivity index (χ4n) is 3.34. The van der Waals surface area contributed by atoms with Crippen LogP contribution in [-0.4, -0.2) is 12.1 Å². The molecule has 3 rings (SSSR count). The summed E-state index contributed by atoms with van der Waals surface area (Å²) < 4.78 is 19.0. The molecule has 3 heteroatoms. The van der Waals surface area contributed by atoms with Crippen molar-refractivity contribution in [2.75, 3.05) is 0 Å². The molecular weight excluding hydrogens is 229 g/mol. The van der Waals surface area contributed by atoms with Crippen LogP contribution in [0.3, 0.4) is 0 Å². The van der Waals surface area contributed by atoms with Crippen LogP contribution in [0.5, 0.6) is 5.75 Å². The summed E-state index contributed by atoms with van der Waals surface area (Å²) in [4.78, 5) is 0. The summed E-state index contributed by atoms with van der Waals surface area (Å²) in [6.45, 7) is 0. The van der Waals surface area contributed by atoms with E-state index in [1.807, 2.05) is 0 Å². The van der Waals surface area contributed by atoms with Crippen molar-refractivity contribution < 1.29 is 9.13 Å². The molecule has 98 valence electrons. The van der Waals surface area contributed by atoms with Gasteiger partial charge in [-0.1, -0.05) is 12.8 Å². The Labute approximate surface area is 107 Å². The first-order valence-corrected chi connectivity index (χ1v) is 6.91. The zero-order chi connectivity index (χ0) is 12.5. The van der Waals surface area contributed by atoms with Crippen LogP contribution >= 0.6 is 0 Å². The largest absolute Gasteiger partial charge is 0.490 e. The second kappa shape index (κ2) is 4.88. The van der Waals surface area contributed by atoms with Gasteiger partial charge in [0.1, 0.15) is 17.7 Å². The van der Waals surface area contributed by atoms with E-state index in [1.165, 1.54) is 18.9 Å². The summed E-state index contributed by atoms with van der Waals surface area (Å²) in [5.74, 6) is 1.37. The van der Waals surface area contributed by atoms with E-state index < -0.39 is 0 Å². The standard InChI is InChI=1S/C15H20FNO/c16-12-4-5-15-11(8-12)9-14(18-15)7-10-2-1-3-13(17)6-10/h4-5,8,10,13-14H,1-3,6-7,9,17H2. The molecule has 2 nitrogen and oxygen atoms in total. The molecule has 1 aromatic carbocycles. The smallest absolute Gasteiger partial charge is 0.123 e. The van der Waals surface area contributed by atoms with Gasteiger partial charge in [-0.3, -0.25) is 0 Å². The van der Waals surface area contributed by atoms with Gasteiger partial charge in [-0.25, -0.2) is 4.39 Å². The minimum Gasteiger partial charge on any atom is -0.490 e. The van der Waals surface area contributed by atoms with Gasteiger partial charge >= 0.3 is 0 Å². The van der Waals surface area contributed by atoms with Crippen molar-refractivity contribution in [2.45, 2.75) is 50.7 Å². The van der Waals surface area contributed by atoms with Gasteiger partial charge in [-0.15, -0.1) is 0 Å². The molecule has 1 saturated carbocycles. The van der Waals surface area contributed by atoms with Crippen molar-refractivity contribution in [3.8, 4) is 5.75 Å². The van der Waals surface area contributed by atoms with Gasteiger partial charge < -0.3 is 10.5 Å². The molecule has 3 atom stereocenters. The van der Waals surface area contributed by atoms with Gasteiger partial charge in [0.2, 0.25) is 0 Å². The highest BCUT2D eigenvalue weighted by atomic mass is 19.1. The molecule has 2 aliphatic rings. The van der Waals surface area contributed by atoms with Gasteiger partial charge in [0, 0.05) is 18.0 Å². The number of hydrogen-bond donors (Lipinski definition) is 1. The first-order chi connectivity index (χ1) is 8.70. The monoisotopic (exact) mass is 249 g/mol. The number of ether oxygens (including phenoxy) is 1. The summed E-state index contributed by atoms with van der Waals surface area (Å²) in [6, 6.07) is 5.18. The minimum atomic E-state index is -0.169. The third kappa shape index (κ3) is 2.51. The lowest BCUT2D eigenvalue weighted by molar-refractivity contribution is 0.170. The van der Waals surface area contributed by atoms with E-state index in [-0.39, 0.29) is 11.9 Å². The first kappa shape index (κ1) is 12.0. The topological polar surface area (TPSA) is 35.2 Å². The summed E-state index contributed by atoms with van der Waals surface area (Å²) in [5, 5.41) is 0. The van der Waals surface area contributed by atoms with Crippen molar-refractivity contribution >= 4 is 0 Å². The van der Waals surface area contributed by atoms with E-state index in [0.717, 1.165) is 37.0 Å². The molecule has 18 heavy (non-hydrogen) atoms. The summed E-state index contributed by atoms with van der Waals surface area (Å²) in [5.41, 5.74) is 7.03. The lowest BCUT2D eigenvalue weighted by atomic mass is 9.82. The predicted octanol–water partition coefficient (Wildman–Crippen LogP) is 3.04. The van der Waals surface area contributed by atoms with Gasteiger partial charge in [-0.2, -0.15) is 0 Å². The second-order valence-electron chi connectivity index (χ2n) is 5.72. The zero-order valence-electron chi connectivity index (χ0n) is 10.6. The van der Waals surface area contributed by atoms with Crippen molar-refractivity contribution in [1.82, 2.24) is 0 Å². The lowest BCUT2D eigenvalue weighted by Gasteiger charge is -2.28. The molecule has 1 aromatic rings. The first-order valence-electron chi connectivity index (χ1n) is 6.91. The molecule has 0 bridgehead atoms. The molecule has 0 radical (unpaired) electrons. The molecule has 1 aliphatic heterocycles. The maximum absolute atomic E-state index is 13.1. The predicted molar refractivity (Wildman–Crippen MR) is 69.1 cm³/mol. The highest BCUT2D eigenvalue weighted by molar-refractivity contribution is 5.37. The Bertz CT molecular complexity index is 435. The van der Waals surface area contributed by atoms with Crippen LogP contribution in [0.25, 0.3) is 0 Å². The molecule has 0 amide bonds. The Balaban J connectivity index is 1.60. The highest BCUT2D eigenvalue weighted by Crippen LogP contribution is 2.34. The third-order valence-electron chi connectivity index (χ3n) is 4.18. The SMILES string of the molecule is NC1CCCC(CC2Cc3cc(F)ccc3O2)C1. The molecule has 0 aromatic heterocycles. The second-order valence-corrected chi connectivity index (χ2v) is 5.72. The molecule has 1 fully saturated rings. The van der Waals surface area contributed by atoms with Crippen LogP contribution in [0, 0.1) is 11.7 Å². The van der Waals surface area contributed by atoms with Gasteiger partial charge in [0.25, 0.3) is 0 Å². The Hall–Kier alpha value is -1.09. The minimum absolute atomic E-state index is 0.169. The Morgan fingerprint density at radius 3 is 3.06 bits per heavy atom. The molecule has 2 N–H and O–H groups in total. The summed E-state index contributed by atoms with van der Waals surface area (Å²) >= 11 is 0. The van der Waals surface area contributed by atoms with Crippen molar-refractivity contribution in [2.24, 2.45) is 11.7 Å². The van der Waals surface area contributed by atoms with E-state index in [4.69, 9.17) is 10.5 Å². The zero-order valence-corrected chi connectivity index (χ0v) is 10.6. The fraction of sp³-hybridized carbons (Fsp3) is 0.600. The van der Waals surface area contributed by atoms with Crippen molar-refractivity contribution in [3.63, 3.8) is 0 Å². The number of nitrogens with two attached hydrogens (primary N) is 1. The van der Waals surface area contributed by atoms with Gasteiger partial charge in [0.05, 0.1) is 0 Å². The van der Waals surface area contributed by atoms with Crippen LogP contribution < -0.4 is 10.5 Å². The Kier molecular flexibility index (Phi) is 3.25. The number of halogens is 1. The van der Waals surface area contributed by atoms with E-state index in [0.29, 0.717) is 12.0 Å². The van der Waals surface area contributed by atoms with E-state index in [2.05, 4.69) is 0 Å². The number of hydrogen-bond acceptors (Lipinski definition) is 2. The van der Waals surface area contributed by atoms with E-state index in [1.54, 1.807) is 12.1 Å². The van der Waals surface area contributed by atoms with Crippen LogP contribution in [0.15, 0.2) is 18.2 Å². The molecule has 3 unspecified atom stereocenters. The average molecular weight is 249 g/mol. The van der Waals surface area contributed by atoms with Gasteiger partial charge in [0.15, 0.2) is 0 Å². The maximum atomic E-state index is 13.1.